The lowest BCUT2D eigenvalue weighted by Crippen LogP contribution is -2.35. The van der Waals surface area contributed by atoms with Crippen molar-refractivity contribution in [2.75, 3.05) is 11.9 Å². The molecular formula is C17H17FN4O2. The van der Waals surface area contributed by atoms with Gasteiger partial charge in [0.2, 0.25) is 0 Å². The van der Waals surface area contributed by atoms with Crippen LogP contribution in [0.5, 0.6) is 5.75 Å². The molecule has 0 unspecified atom stereocenters. The van der Waals surface area contributed by atoms with Gasteiger partial charge in [-0.1, -0.05) is 12.1 Å². The van der Waals surface area contributed by atoms with Gasteiger partial charge in [-0.15, -0.1) is 0 Å². The Kier molecular flexibility index (Phi) is 3.76. The minimum absolute atomic E-state index is 0.214. The Labute approximate surface area is 138 Å². The number of amides is 2. The molecule has 1 aliphatic heterocycles. The average Bonchev–Trinajstić information content (AvgIpc) is 3.41. The van der Waals surface area contributed by atoms with Gasteiger partial charge in [-0.05, 0) is 18.9 Å². The molecule has 1 aromatic heterocycles. The summed E-state index contributed by atoms with van der Waals surface area (Å²) in [5.41, 5.74) is 1.18. The molecule has 7 heteroatoms. The van der Waals surface area contributed by atoms with E-state index in [0.29, 0.717) is 30.2 Å². The monoisotopic (exact) mass is 328 g/mol. The van der Waals surface area contributed by atoms with Crippen LogP contribution in [0.1, 0.15) is 42.6 Å². The van der Waals surface area contributed by atoms with Gasteiger partial charge in [0.1, 0.15) is 5.82 Å². The first-order valence-corrected chi connectivity index (χ1v) is 8.01. The first kappa shape index (κ1) is 14.9. The van der Waals surface area contributed by atoms with E-state index in [-0.39, 0.29) is 17.8 Å². The van der Waals surface area contributed by atoms with Gasteiger partial charge in [0.15, 0.2) is 11.6 Å². The molecular weight excluding hydrogens is 311 g/mol. The van der Waals surface area contributed by atoms with Crippen molar-refractivity contribution in [3.05, 3.63) is 47.8 Å². The lowest BCUT2D eigenvalue weighted by molar-refractivity contribution is 0.227. The molecule has 1 atom stereocenters. The molecule has 1 saturated carbocycles. The molecule has 2 aliphatic rings. The number of carbonyl (C=O) groups excluding carboxylic acids is 1. The highest BCUT2D eigenvalue weighted by Gasteiger charge is 2.27. The van der Waals surface area contributed by atoms with Crippen LogP contribution in [0.3, 0.4) is 0 Å². The summed E-state index contributed by atoms with van der Waals surface area (Å²) < 4.78 is 19.1. The van der Waals surface area contributed by atoms with E-state index in [1.54, 1.807) is 24.5 Å². The number of fused-ring (bicyclic) bond motifs is 1. The summed E-state index contributed by atoms with van der Waals surface area (Å²) >= 11 is 0. The van der Waals surface area contributed by atoms with Crippen LogP contribution in [0.2, 0.25) is 0 Å². The number of anilines is 1. The van der Waals surface area contributed by atoms with Gasteiger partial charge in [0.25, 0.3) is 0 Å². The number of urea groups is 1. The smallest absolute Gasteiger partial charge is 0.319 e. The molecule has 0 bridgehead atoms. The third kappa shape index (κ3) is 3.02. The summed E-state index contributed by atoms with van der Waals surface area (Å²) in [6.45, 7) is 0.359. The van der Waals surface area contributed by atoms with E-state index in [0.717, 1.165) is 18.7 Å². The van der Waals surface area contributed by atoms with Gasteiger partial charge in [-0.3, -0.25) is 0 Å². The topological polar surface area (TPSA) is 76.1 Å². The highest BCUT2D eigenvalue weighted by Crippen LogP contribution is 2.37. The Hall–Kier alpha value is -2.70. The summed E-state index contributed by atoms with van der Waals surface area (Å²) in [6, 6.07) is 4.05. The van der Waals surface area contributed by atoms with Crippen LogP contribution >= 0.6 is 0 Å². The Balaban J connectivity index is 1.42. The molecule has 1 aliphatic carbocycles. The van der Waals surface area contributed by atoms with Crippen molar-refractivity contribution < 1.29 is 13.9 Å². The van der Waals surface area contributed by atoms with Crippen molar-refractivity contribution in [3.8, 4) is 5.75 Å². The number of hydrogen-bond donors (Lipinski definition) is 2. The number of para-hydroxylation sites is 1. The van der Waals surface area contributed by atoms with Crippen molar-refractivity contribution in [1.82, 2.24) is 15.3 Å². The standard InChI is InChI=1S/C17H17FN4O2/c18-13-3-1-2-12-14(6-7-24-15(12)13)22-17(23)21-11-8-19-16(20-9-11)10-4-5-10/h1-3,8-10,14H,4-7H2,(H2,21,22,23)/t14-/m0/s1. The molecule has 2 aromatic rings. The van der Waals surface area contributed by atoms with Crippen molar-refractivity contribution in [1.29, 1.82) is 0 Å². The molecule has 2 amide bonds. The van der Waals surface area contributed by atoms with Gasteiger partial charge < -0.3 is 15.4 Å². The predicted molar refractivity (Wildman–Crippen MR) is 85.4 cm³/mol. The Morgan fingerprint density at radius 2 is 2.00 bits per heavy atom. The molecule has 1 aromatic carbocycles. The van der Waals surface area contributed by atoms with E-state index in [9.17, 15) is 9.18 Å². The van der Waals surface area contributed by atoms with Crippen LogP contribution in [0, 0.1) is 5.82 Å². The molecule has 6 nitrogen and oxygen atoms in total. The SMILES string of the molecule is O=C(Nc1cnc(C2CC2)nc1)N[C@H]1CCOc2c(F)cccc21. The van der Waals surface area contributed by atoms with Crippen LogP contribution in [0.15, 0.2) is 30.6 Å². The number of halogens is 1. The molecule has 0 saturated heterocycles. The van der Waals surface area contributed by atoms with Crippen molar-refractivity contribution >= 4 is 11.7 Å². The molecule has 4 rings (SSSR count). The van der Waals surface area contributed by atoms with Gasteiger partial charge >= 0.3 is 6.03 Å². The fourth-order valence-corrected chi connectivity index (χ4v) is 2.82. The maximum Gasteiger partial charge on any atom is 0.319 e. The predicted octanol–water partition coefficient (Wildman–Crippen LogP) is 3.14. The van der Waals surface area contributed by atoms with E-state index in [4.69, 9.17) is 4.74 Å². The molecule has 124 valence electrons. The Morgan fingerprint density at radius 1 is 1.21 bits per heavy atom. The number of ether oxygens (including phenoxy) is 1. The van der Waals surface area contributed by atoms with Gasteiger partial charge in [0, 0.05) is 17.9 Å². The fourth-order valence-electron chi connectivity index (χ4n) is 2.82. The van der Waals surface area contributed by atoms with Crippen LogP contribution in [-0.2, 0) is 0 Å². The van der Waals surface area contributed by atoms with Gasteiger partial charge in [-0.2, -0.15) is 0 Å². The number of aromatic nitrogens is 2. The highest BCUT2D eigenvalue weighted by atomic mass is 19.1. The Bertz CT molecular complexity index is 762. The second kappa shape index (κ2) is 6.07. The second-order valence-corrected chi connectivity index (χ2v) is 6.05. The minimum Gasteiger partial charge on any atom is -0.490 e. The number of carbonyl (C=O) groups is 1. The van der Waals surface area contributed by atoms with E-state index in [2.05, 4.69) is 20.6 Å². The third-order valence-corrected chi connectivity index (χ3v) is 4.20. The summed E-state index contributed by atoms with van der Waals surface area (Å²) in [5.74, 6) is 1.10. The van der Waals surface area contributed by atoms with E-state index in [1.807, 2.05) is 0 Å². The van der Waals surface area contributed by atoms with Crippen molar-refractivity contribution in [3.63, 3.8) is 0 Å². The third-order valence-electron chi connectivity index (χ3n) is 4.20. The maximum absolute atomic E-state index is 13.8. The van der Waals surface area contributed by atoms with Gasteiger partial charge in [0.05, 0.1) is 30.7 Å². The number of rotatable bonds is 3. The zero-order chi connectivity index (χ0) is 16.5. The van der Waals surface area contributed by atoms with Crippen LogP contribution in [-0.4, -0.2) is 22.6 Å². The average molecular weight is 328 g/mol. The molecule has 0 radical (unpaired) electrons. The molecule has 2 N–H and O–H groups in total. The van der Waals surface area contributed by atoms with Crippen LogP contribution < -0.4 is 15.4 Å². The quantitative estimate of drug-likeness (QED) is 0.907. The lowest BCUT2D eigenvalue weighted by atomic mass is 10.0. The number of nitrogens with one attached hydrogen (secondary N) is 2. The second-order valence-electron chi connectivity index (χ2n) is 6.05. The molecule has 24 heavy (non-hydrogen) atoms. The first-order chi connectivity index (χ1) is 11.7. The van der Waals surface area contributed by atoms with Crippen LogP contribution in [0.25, 0.3) is 0 Å². The summed E-state index contributed by atoms with van der Waals surface area (Å²) in [7, 11) is 0. The summed E-state index contributed by atoms with van der Waals surface area (Å²) in [6.07, 6.45) is 6.07. The van der Waals surface area contributed by atoms with E-state index < -0.39 is 5.82 Å². The highest BCUT2D eigenvalue weighted by molar-refractivity contribution is 5.89. The fraction of sp³-hybridized carbons (Fsp3) is 0.353. The van der Waals surface area contributed by atoms with Crippen molar-refractivity contribution in [2.24, 2.45) is 0 Å². The summed E-state index contributed by atoms with van der Waals surface area (Å²) in [4.78, 5) is 20.7. The summed E-state index contributed by atoms with van der Waals surface area (Å²) in [5, 5.41) is 5.56. The van der Waals surface area contributed by atoms with E-state index in [1.165, 1.54) is 6.07 Å². The molecule has 2 heterocycles. The number of benzene rings is 1. The number of hydrogen-bond acceptors (Lipinski definition) is 4. The normalized spacial score (nSPS) is 19.1. The minimum atomic E-state index is -0.413. The number of nitrogens with zero attached hydrogens (tertiary/aromatic N) is 2. The van der Waals surface area contributed by atoms with Crippen molar-refractivity contribution in [2.45, 2.75) is 31.2 Å². The van der Waals surface area contributed by atoms with Gasteiger partial charge in [-0.25, -0.2) is 19.2 Å². The molecule has 1 fully saturated rings. The zero-order valence-electron chi connectivity index (χ0n) is 13.0. The zero-order valence-corrected chi connectivity index (χ0v) is 13.0. The Morgan fingerprint density at radius 3 is 2.75 bits per heavy atom. The lowest BCUT2D eigenvalue weighted by Gasteiger charge is -2.26. The maximum atomic E-state index is 13.8. The molecule has 0 spiro atoms. The van der Waals surface area contributed by atoms with Crippen LogP contribution in [0.4, 0.5) is 14.9 Å². The first-order valence-electron chi connectivity index (χ1n) is 8.01. The largest absolute Gasteiger partial charge is 0.490 e. The van der Waals surface area contributed by atoms with E-state index >= 15 is 0 Å².